The minimum absolute atomic E-state index is 0.00591. The first-order chi connectivity index (χ1) is 18.9. The Labute approximate surface area is 206 Å². The molecule has 5 N–H and O–H groups in total. The summed E-state index contributed by atoms with van der Waals surface area (Å²) in [7, 11) is 0. The Bertz CT molecular complexity index is 1720. The molecule has 0 amide bonds. The molecule has 1 aliphatic rings. The minimum atomic E-state index is -0.695. The van der Waals surface area contributed by atoms with Gasteiger partial charge in [-0.25, -0.2) is 14.4 Å². The van der Waals surface area contributed by atoms with Crippen molar-refractivity contribution in [2.45, 2.75) is 26.7 Å². The number of anilines is 2. The number of nitrogens with one attached hydrogen (secondary N) is 1. The summed E-state index contributed by atoms with van der Waals surface area (Å²) >= 11 is 0. The van der Waals surface area contributed by atoms with Crippen LogP contribution in [0.3, 0.4) is 0 Å². The van der Waals surface area contributed by atoms with Crippen LogP contribution in [0.15, 0.2) is 54.5 Å². The lowest BCUT2D eigenvalue weighted by Crippen LogP contribution is -2.35. The van der Waals surface area contributed by atoms with E-state index in [9.17, 15) is 14.7 Å². The monoisotopic (exact) mass is 479 g/mol. The molecule has 4 heterocycles. The van der Waals surface area contributed by atoms with Crippen LogP contribution in [-0.4, -0.2) is 34.8 Å². The van der Waals surface area contributed by atoms with Crippen LogP contribution in [0.5, 0.6) is 0 Å². The SMILES string of the molecule is [2H]c1c([2H])c([2H])c(-c2nc(=N)n3c(c2-c2cc(C)nc(CO)c2)N(O)N(Cc2ccc(F)c(N)n2)C3)c([2H])c1[2H]. The number of hydrogen-bond donors (Lipinski definition) is 4. The second-order valence-electron chi connectivity index (χ2n) is 7.82. The lowest BCUT2D eigenvalue weighted by Gasteiger charge is -2.23. The molecular weight excluding hydrogens is 451 g/mol. The molecule has 0 bridgehead atoms. The molecule has 0 atom stereocenters. The van der Waals surface area contributed by atoms with Crippen LogP contribution in [0.2, 0.25) is 0 Å². The Balaban J connectivity index is 1.79. The highest BCUT2D eigenvalue weighted by atomic mass is 19.1. The average Bonchev–Trinajstić information content (AvgIpc) is 3.24. The van der Waals surface area contributed by atoms with E-state index in [2.05, 4.69) is 15.0 Å². The van der Waals surface area contributed by atoms with Crippen LogP contribution >= 0.6 is 0 Å². The smallest absolute Gasteiger partial charge is 0.225 e. The van der Waals surface area contributed by atoms with Gasteiger partial charge in [-0.15, -0.1) is 0 Å². The number of hydrogen-bond acceptors (Lipinski definition) is 9. The van der Waals surface area contributed by atoms with Gasteiger partial charge in [0.2, 0.25) is 5.62 Å². The summed E-state index contributed by atoms with van der Waals surface area (Å²) in [6.45, 7) is 1.12. The molecule has 178 valence electrons. The van der Waals surface area contributed by atoms with Gasteiger partial charge >= 0.3 is 0 Å². The number of aliphatic hydroxyl groups excluding tert-OH is 1. The minimum Gasteiger partial charge on any atom is -0.390 e. The normalized spacial score (nSPS) is 15.3. The lowest BCUT2D eigenvalue weighted by molar-refractivity contribution is 0.0614. The van der Waals surface area contributed by atoms with Gasteiger partial charge in [-0.3, -0.25) is 20.2 Å². The molecule has 0 saturated heterocycles. The number of pyridine rings is 2. The number of nitrogens with two attached hydrogens (primary N) is 1. The van der Waals surface area contributed by atoms with Crippen molar-refractivity contribution in [1.29, 1.82) is 5.41 Å². The third-order valence-electron chi connectivity index (χ3n) is 5.42. The summed E-state index contributed by atoms with van der Waals surface area (Å²) in [6.07, 6.45) is 0. The van der Waals surface area contributed by atoms with Crippen molar-refractivity contribution in [3.05, 3.63) is 83.0 Å². The molecule has 10 nitrogen and oxygen atoms in total. The van der Waals surface area contributed by atoms with Gasteiger partial charge in [0.25, 0.3) is 0 Å². The summed E-state index contributed by atoms with van der Waals surface area (Å²) in [4.78, 5) is 12.6. The molecule has 0 spiro atoms. The van der Waals surface area contributed by atoms with Crippen LogP contribution < -0.4 is 16.5 Å². The van der Waals surface area contributed by atoms with Gasteiger partial charge in [0, 0.05) is 11.3 Å². The Morgan fingerprint density at radius 2 is 1.89 bits per heavy atom. The van der Waals surface area contributed by atoms with E-state index in [1.807, 2.05) is 0 Å². The molecule has 35 heavy (non-hydrogen) atoms. The van der Waals surface area contributed by atoms with E-state index in [4.69, 9.17) is 18.0 Å². The molecule has 3 aromatic heterocycles. The zero-order valence-corrected chi connectivity index (χ0v) is 18.5. The molecule has 0 fully saturated rings. The topological polar surface area (TPSA) is 140 Å². The van der Waals surface area contributed by atoms with E-state index in [1.54, 1.807) is 13.0 Å². The Morgan fingerprint density at radius 3 is 2.60 bits per heavy atom. The standard InChI is InChI=1S/C24H23FN8O2/c1-14-9-16(10-18(12-34)28-14)20-21(15-5-3-2-4-6-15)30-24(27)32-13-31(33(35)23(20)32)11-17-7-8-19(25)22(26)29-17/h2-10,27,34-35H,11-13H2,1H3,(H2,26,29)/i2D,3D,4D,5D,6D. The number of halogens is 1. The van der Waals surface area contributed by atoms with Gasteiger partial charge in [0.05, 0.1) is 42.7 Å². The fourth-order valence-corrected chi connectivity index (χ4v) is 3.93. The number of aromatic nitrogens is 4. The van der Waals surface area contributed by atoms with Crippen LogP contribution in [0, 0.1) is 18.2 Å². The second-order valence-corrected chi connectivity index (χ2v) is 7.82. The van der Waals surface area contributed by atoms with Crippen molar-refractivity contribution in [1.82, 2.24) is 24.5 Å². The fourth-order valence-electron chi connectivity index (χ4n) is 3.93. The molecule has 1 aliphatic heterocycles. The molecular formula is C24H23FN8O2. The van der Waals surface area contributed by atoms with Gasteiger partial charge in [0.15, 0.2) is 17.5 Å². The Kier molecular flexibility index (Phi) is 4.38. The highest BCUT2D eigenvalue weighted by Crippen LogP contribution is 2.40. The summed E-state index contributed by atoms with van der Waals surface area (Å²) in [5.41, 5.74) is 6.39. The number of fused-ring (bicyclic) bond motifs is 1. The van der Waals surface area contributed by atoms with E-state index < -0.39 is 42.6 Å². The zero-order valence-electron chi connectivity index (χ0n) is 23.5. The maximum absolute atomic E-state index is 13.7. The quantitative estimate of drug-likeness (QED) is 0.342. The van der Waals surface area contributed by atoms with E-state index >= 15 is 0 Å². The number of nitrogen functional groups attached to an aromatic ring is 1. The van der Waals surface area contributed by atoms with Gasteiger partial charge in [-0.1, -0.05) is 30.2 Å². The Morgan fingerprint density at radius 1 is 1.11 bits per heavy atom. The number of hydrazine groups is 1. The maximum Gasteiger partial charge on any atom is 0.225 e. The number of nitrogens with zero attached hydrogens (tertiary/aromatic N) is 6. The van der Waals surface area contributed by atoms with Gasteiger partial charge in [0.1, 0.15) is 6.67 Å². The second kappa shape index (κ2) is 8.87. The summed E-state index contributed by atoms with van der Waals surface area (Å²) < 4.78 is 56.3. The molecule has 4 aromatic rings. The van der Waals surface area contributed by atoms with E-state index in [1.165, 1.54) is 21.7 Å². The number of benzene rings is 1. The lowest BCUT2D eigenvalue weighted by atomic mass is 9.99. The predicted molar refractivity (Wildman–Crippen MR) is 126 cm³/mol. The van der Waals surface area contributed by atoms with E-state index in [0.29, 0.717) is 17.0 Å². The summed E-state index contributed by atoms with van der Waals surface area (Å²) in [5, 5.41) is 31.9. The fraction of sp³-hybridized carbons (Fsp3) is 0.167. The maximum atomic E-state index is 13.7. The number of rotatable bonds is 5. The average molecular weight is 480 g/mol. The first-order valence-corrected chi connectivity index (χ1v) is 10.4. The highest BCUT2D eigenvalue weighted by Gasteiger charge is 2.33. The molecule has 5 rings (SSSR count). The third-order valence-corrected chi connectivity index (χ3v) is 5.42. The summed E-state index contributed by atoms with van der Waals surface area (Å²) in [5.74, 6) is -1.01. The van der Waals surface area contributed by atoms with E-state index in [0.717, 1.165) is 11.2 Å². The van der Waals surface area contributed by atoms with Crippen molar-refractivity contribution in [2.24, 2.45) is 0 Å². The summed E-state index contributed by atoms with van der Waals surface area (Å²) in [6, 6.07) is 2.83. The number of aryl methyl sites for hydroxylation is 1. The molecule has 0 radical (unpaired) electrons. The molecule has 1 aromatic carbocycles. The van der Waals surface area contributed by atoms with Crippen LogP contribution in [0.4, 0.5) is 16.0 Å². The van der Waals surface area contributed by atoms with Crippen molar-refractivity contribution in [2.75, 3.05) is 10.9 Å². The molecule has 0 unspecified atom stereocenters. The first-order valence-electron chi connectivity index (χ1n) is 12.9. The van der Waals surface area contributed by atoms with Crippen LogP contribution in [-0.2, 0) is 19.8 Å². The molecule has 0 aliphatic carbocycles. The van der Waals surface area contributed by atoms with Gasteiger partial charge in [-0.2, -0.15) is 10.2 Å². The first kappa shape index (κ1) is 17.3. The number of aliphatic hydroxyl groups is 1. The highest BCUT2D eigenvalue weighted by molar-refractivity contribution is 5.88. The zero-order chi connectivity index (χ0) is 29.0. The van der Waals surface area contributed by atoms with E-state index in [-0.39, 0.29) is 53.0 Å². The van der Waals surface area contributed by atoms with Crippen molar-refractivity contribution >= 4 is 11.6 Å². The molecule has 11 heteroatoms. The third kappa shape index (κ3) is 4.12. The van der Waals surface area contributed by atoms with Crippen LogP contribution in [0.25, 0.3) is 22.4 Å². The Hall–Kier alpha value is -4.19. The van der Waals surface area contributed by atoms with Gasteiger partial charge in [-0.05, 0) is 36.8 Å². The van der Waals surface area contributed by atoms with Crippen molar-refractivity contribution < 1.29 is 21.6 Å². The van der Waals surface area contributed by atoms with Crippen LogP contribution in [0.1, 0.15) is 23.9 Å². The van der Waals surface area contributed by atoms with Gasteiger partial charge < -0.3 is 10.8 Å². The predicted octanol–water partition coefficient (Wildman–Crippen LogP) is 2.59. The van der Waals surface area contributed by atoms with Crippen molar-refractivity contribution in [3.8, 4) is 22.4 Å². The van der Waals surface area contributed by atoms with Crippen molar-refractivity contribution in [3.63, 3.8) is 0 Å². The largest absolute Gasteiger partial charge is 0.390 e. The molecule has 0 saturated carbocycles.